The van der Waals surface area contributed by atoms with Gasteiger partial charge in [-0.3, -0.25) is 0 Å². The van der Waals surface area contributed by atoms with Crippen molar-refractivity contribution < 1.29 is 4.42 Å². The molecule has 3 heterocycles. The third-order valence-corrected chi connectivity index (χ3v) is 10.2. The van der Waals surface area contributed by atoms with E-state index in [0.717, 1.165) is 87.7 Å². The molecule has 0 N–H and O–H groups in total. The molecular weight excluding hydrogens is 637 g/mol. The lowest BCUT2D eigenvalue weighted by atomic mass is 9.99. The highest BCUT2D eigenvalue weighted by Crippen LogP contribution is 2.42. The maximum atomic E-state index is 6.67. The second-order valence-electron chi connectivity index (χ2n) is 13.2. The molecular formula is C47H28N4O. The van der Waals surface area contributed by atoms with Crippen molar-refractivity contribution in [3.63, 3.8) is 0 Å². The summed E-state index contributed by atoms with van der Waals surface area (Å²) in [6, 6.07) is 59.1. The quantitative estimate of drug-likeness (QED) is 0.188. The average Bonchev–Trinajstić information content (AvgIpc) is 3.75. The SMILES string of the molecule is c1ccc(-n2c3ccccc3c3c(-c4nc(-c5ccc6ccccc6c5)nc(-c5c6ccccc6cc6c5oc5ccccc56)n4)cccc32)cc1. The van der Waals surface area contributed by atoms with E-state index in [-0.39, 0.29) is 0 Å². The van der Waals surface area contributed by atoms with E-state index in [1.807, 2.05) is 12.1 Å². The van der Waals surface area contributed by atoms with Crippen molar-refractivity contribution in [1.82, 2.24) is 19.5 Å². The molecule has 11 rings (SSSR count). The summed E-state index contributed by atoms with van der Waals surface area (Å²) in [5.74, 6) is 1.77. The van der Waals surface area contributed by atoms with Gasteiger partial charge in [0.1, 0.15) is 11.2 Å². The molecule has 0 aliphatic rings. The molecule has 0 radical (unpaired) electrons. The van der Waals surface area contributed by atoms with Gasteiger partial charge in [-0.2, -0.15) is 0 Å². The van der Waals surface area contributed by atoms with Crippen LogP contribution in [0.1, 0.15) is 0 Å². The van der Waals surface area contributed by atoms with Crippen molar-refractivity contribution >= 4 is 65.3 Å². The molecule has 0 unspecified atom stereocenters. The Balaban J connectivity index is 1.26. The molecule has 3 aromatic heterocycles. The third-order valence-electron chi connectivity index (χ3n) is 10.2. The average molecular weight is 665 g/mol. The minimum Gasteiger partial charge on any atom is -0.455 e. The first-order valence-electron chi connectivity index (χ1n) is 17.5. The molecule has 5 nitrogen and oxygen atoms in total. The Morgan fingerprint density at radius 2 is 1.10 bits per heavy atom. The van der Waals surface area contributed by atoms with E-state index in [1.54, 1.807) is 0 Å². The molecule has 0 amide bonds. The summed E-state index contributed by atoms with van der Waals surface area (Å²) in [5.41, 5.74) is 7.62. The minimum atomic E-state index is 0.567. The normalized spacial score (nSPS) is 11.8. The molecule has 0 fully saturated rings. The van der Waals surface area contributed by atoms with E-state index in [9.17, 15) is 0 Å². The molecule has 0 saturated carbocycles. The smallest absolute Gasteiger partial charge is 0.168 e. The van der Waals surface area contributed by atoms with Gasteiger partial charge in [0.05, 0.1) is 16.6 Å². The van der Waals surface area contributed by atoms with Gasteiger partial charge < -0.3 is 8.98 Å². The molecule has 0 atom stereocenters. The summed E-state index contributed by atoms with van der Waals surface area (Å²) < 4.78 is 8.99. The molecule has 52 heavy (non-hydrogen) atoms. The van der Waals surface area contributed by atoms with Crippen LogP contribution >= 0.6 is 0 Å². The van der Waals surface area contributed by atoms with E-state index in [1.165, 1.54) is 0 Å². The summed E-state index contributed by atoms with van der Waals surface area (Å²) in [5, 5.41) is 8.73. The molecule has 0 aliphatic heterocycles. The minimum absolute atomic E-state index is 0.567. The first kappa shape index (κ1) is 28.7. The van der Waals surface area contributed by atoms with Crippen LogP contribution in [0.25, 0.3) is 105 Å². The van der Waals surface area contributed by atoms with E-state index in [0.29, 0.717) is 17.5 Å². The molecule has 0 spiro atoms. The van der Waals surface area contributed by atoms with Crippen molar-refractivity contribution in [2.24, 2.45) is 0 Å². The molecule has 11 aromatic rings. The van der Waals surface area contributed by atoms with Crippen molar-refractivity contribution in [2.45, 2.75) is 0 Å². The Labute approximate surface area is 298 Å². The van der Waals surface area contributed by atoms with Crippen LogP contribution in [-0.4, -0.2) is 19.5 Å². The van der Waals surface area contributed by atoms with Crippen molar-refractivity contribution in [2.75, 3.05) is 0 Å². The van der Waals surface area contributed by atoms with Gasteiger partial charge in [-0.25, -0.2) is 15.0 Å². The summed E-state index contributed by atoms with van der Waals surface area (Å²) >= 11 is 0. The summed E-state index contributed by atoms with van der Waals surface area (Å²) in [6.07, 6.45) is 0. The first-order valence-corrected chi connectivity index (χ1v) is 17.5. The zero-order valence-electron chi connectivity index (χ0n) is 27.9. The lowest BCUT2D eigenvalue weighted by Gasteiger charge is -2.12. The fraction of sp³-hybridized carbons (Fsp3) is 0. The second kappa shape index (κ2) is 11.2. The van der Waals surface area contributed by atoms with Gasteiger partial charge in [-0.1, -0.05) is 127 Å². The fourth-order valence-corrected chi connectivity index (χ4v) is 7.87. The summed E-state index contributed by atoms with van der Waals surface area (Å²) in [4.78, 5) is 16.0. The number of fused-ring (bicyclic) bond motifs is 8. The molecule has 0 aliphatic carbocycles. The van der Waals surface area contributed by atoms with E-state index < -0.39 is 0 Å². The lowest BCUT2D eigenvalue weighted by Crippen LogP contribution is -2.01. The predicted octanol–water partition coefficient (Wildman–Crippen LogP) is 12.2. The van der Waals surface area contributed by atoms with E-state index in [4.69, 9.17) is 19.4 Å². The number of hydrogen-bond acceptors (Lipinski definition) is 4. The topological polar surface area (TPSA) is 56.7 Å². The van der Waals surface area contributed by atoms with Crippen LogP contribution in [0.15, 0.2) is 174 Å². The van der Waals surface area contributed by atoms with Gasteiger partial charge >= 0.3 is 0 Å². The molecule has 242 valence electrons. The van der Waals surface area contributed by atoms with Crippen molar-refractivity contribution in [3.05, 3.63) is 170 Å². The van der Waals surface area contributed by atoms with Crippen LogP contribution in [0.5, 0.6) is 0 Å². The number of hydrogen-bond donors (Lipinski definition) is 0. The van der Waals surface area contributed by atoms with Gasteiger partial charge in [0.25, 0.3) is 0 Å². The van der Waals surface area contributed by atoms with E-state index in [2.05, 4.69) is 162 Å². The van der Waals surface area contributed by atoms with Crippen molar-refractivity contribution in [3.8, 4) is 39.9 Å². The number of furan rings is 1. The van der Waals surface area contributed by atoms with Crippen LogP contribution in [0.3, 0.4) is 0 Å². The highest BCUT2D eigenvalue weighted by atomic mass is 16.3. The maximum Gasteiger partial charge on any atom is 0.168 e. The monoisotopic (exact) mass is 664 g/mol. The Bertz CT molecular complexity index is 3190. The largest absolute Gasteiger partial charge is 0.455 e. The number of nitrogens with zero attached hydrogens (tertiary/aromatic N) is 4. The van der Waals surface area contributed by atoms with Gasteiger partial charge in [0.2, 0.25) is 0 Å². The summed E-state index contributed by atoms with van der Waals surface area (Å²) in [6.45, 7) is 0. The van der Waals surface area contributed by atoms with Gasteiger partial charge in [-0.15, -0.1) is 0 Å². The highest BCUT2D eigenvalue weighted by molar-refractivity contribution is 6.18. The number of rotatable bonds is 4. The van der Waals surface area contributed by atoms with Crippen LogP contribution in [0, 0.1) is 0 Å². The number of benzene rings is 8. The van der Waals surface area contributed by atoms with Gasteiger partial charge in [0, 0.05) is 38.4 Å². The zero-order valence-corrected chi connectivity index (χ0v) is 27.9. The second-order valence-corrected chi connectivity index (χ2v) is 13.2. The summed E-state index contributed by atoms with van der Waals surface area (Å²) in [7, 11) is 0. The molecule has 8 aromatic carbocycles. The zero-order chi connectivity index (χ0) is 34.2. The Morgan fingerprint density at radius 3 is 1.98 bits per heavy atom. The highest BCUT2D eigenvalue weighted by Gasteiger charge is 2.23. The van der Waals surface area contributed by atoms with E-state index >= 15 is 0 Å². The van der Waals surface area contributed by atoms with Gasteiger partial charge in [0.15, 0.2) is 17.5 Å². The van der Waals surface area contributed by atoms with Crippen LogP contribution < -0.4 is 0 Å². The Hall–Kier alpha value is -7.11. The molecule has 5 heteroatoms. The number of aromatic nitrogens is 4. The lowest BCUT2D eigenvalue weighted by molar-refractivity contribution is 0.670. The molecule has 0 bridgehead atoms. The van der Waals surface area contributed by atoms with Crippen LogP contribution in [0.2, 0.25) is 0 Å². The Morgan fingerprint density at radius 1 is 0.423 bits per heavy atom. The van der Waals surface area contributed by atoms with Crippen LogP contribution in [-0.2, 0) is 0 Å². The third kappa shape index (κ3) is 4.33. The molecule has 0 saturated heterocycles. The fourth-order valence-electron chi connectivity index (χ4n) is 7.87. The van der Waals surface area contributed by atoms with Crippen LogP contribution in [0.4, 0.5) is 0 Å². The number of para-hydroxylation sites is 3. The standard InChI is InChI=1S/C47H28N4O/c1-2-16-33(17-3-1)51-39-22-10-8-20-36(39)42-37(21-12-23-40(42)51)46-48-45(32-26-25-29-13-4-5-14-30(29)27-32)49-47(50-46)43-34-18-7-6-15-31(34)28-38-35-19-9-11-24-41(35)52-44(38)43/h1-28H. The predicted molar refractivity (Wildman–Crippen MR) is 213 cm³/mol. The van der Waals surface area contributed by atoms with Crippen molar-refractivity contribution in [1.29, 1.82) is 0 Å². The maximum absolute atomic E-state index is 6.67. The Kier molecular flexibility index (Phi) is 6.18. The first-order chi connectivity index (χ1) is 25.8. The van der Waals surface area contributed by atoms with Gasteiger partial charge in [-0.05, 0) is 64.0 Å².